The molecule has 1 aromatic carbocycles. The third-order valence-electron chi connectivity index (χ3n) is 3.66. The molecule has 1 N–H and O–H groups in total. The molecule has 0 aromatic heterocycles. The maximum Gasteiger partial charge on any atom is 0.161 e. The number of morpholine rings is 1. The Kier molecular flexibility index (Phi) is 3.89. The van der Waals surface area contributed by atoms with Crippen molar-refractivity contribution in [2.24, 2.45) is 5.92 Å². The molecule has 1 aliphatic heterocycles. The molecule has 104 valence electrons. The van der Waals surface area contributed by atoms with E-state index in [0.29, 0.717) is 0 Å². The number of hydrogen-bond acceptors (Lipinski definition) is 4. The van der Waals surface area contributed by atoms with Crippen molar-refractivity contribution in [3.05, 3.63) is 23.8 Å². The van der Waals surface area contributed by atoms with Crippen molar-refractivity contribution in [1.82, 2.24) is 5.32 Å². The van der Waals surface area contributed by atoms with Crippen LogP contribution in [0.3, 0.4) is 0 Å². The zero-order chi connectivity index (χ0) is 13.1. The minimum absolute atomic E-state index is 0.114. The van der Waals surface area contributed by atoms with E-state index in [2.05, 4.69) is 17.4 Å². The van der Waals surface area contributed by atoms with Crippen molar-refractivity contribution in [3.8, 4) is 11.5 Å². The molecule has 1 heterocycles. The van der Waals surface area contributed by atoms with Gasteiger partial charge in [-0.2, -0.15) is 0 Å². The highest BCUT2D eigenvalue weighted by Gasteiger charge is 2.23. The summed E-state index contributed by atoms with van der Waals surface area (Å²) in [6, 6.07) is 6.08. The van der Waals surface area contributed by atoms with Gasteiger partial charge in [0.2, 0.25) is 0 Å². The Morgan fingerprint density at radius 3 is 2.89 bits per heavy atom. The van der Waals surface area contributed by atoms with Crippen LogP contribution in [0.4, 0.5) is 0 Å². The number of benzene rings is 1. The zero-order valence-electron chi connectivity index (χ0n) is 11.4. The molecule has 2 aliphatic rings. The quantitative estimate of drug-likeness (QED) is 0.883. The molecule has 1 unspecified atom stereocenters. The van der Waals surface area contributed by atoms with E-state index in [0.717, 1.165) is 49.3 Å². The van der Waals surface area contributed by atoms with E-state index in [-0.39, 0.29) is 6.10 Å². The molecule has 1 saturated heterocycles. The summed E-state index contributed by atoms with van der Waals surface area (Å²) in [6.07, 6.45) is 2.69. The predicted octanol–water partition coefficient (Wildman–Crippen LogP) is 2.14. The highest BCUT2D eigenvalue weighted by Crippen LogP contribution is 2.35. The van der Waals surface area contributed by atoms with Crippen molar-refractivity contribution in [2.75, 3.05) is 33.4 Å². The summed E-state index contributed by atoms with van der Waals surface area (Å²) in [6.45, 7) is 3.34. The standard InChI is InChI=1S/C15H21NO3/c1-17-13-5-4-12(15-9-16-6-7-18-15)8-14(13)19-10-11-2-3-11/h4-5,8,11,15-16H,2-3,6-7,9-10H2,1H3. The van der Waals surface area contributed by atoms with Gasteiger partial charge in [0, 0.05) is 13.1 Å². The first-order valence-corrected chi connectivity index (χ1v) is 7.00. The van der Waals surface area contributed by atoms with Crippen LogP contribution in [-0.2, 0) is 4.74 Å². The van der Waals surface area contributed by atoms with Gasteiger partial charge in [-0.1, -0.05) is 6.07 Å². The Labute approximate surface area is 114 Å². The molecule has 19 heavy (non-hydrogen) atoms. The summed E-state index contributed by atoms with van der Waals surface area (Å²) in [4.78, 5) is 0. The number of rotatable bonds is 5. The van der Waals surface area contributed by atoms with Gasteiger partial charge in [-0.05, 0) is 36.5 Å². The molecule has 1 aromatic rings. The van der Waals surface area contributed by atoms with Gasteiger partial charge in [-0.25, -0.2) is 0 Å². The van der Waals surface area contributed by atoms with Gasteiger partial charge >= 0.3 is 0 Å². The van der Waals surface area contributed by atoms with E-state index >= 15 is 0 Å². The zero-order valence-corrected chi connectivity index (χ0v) is 11.4. The van der Waals surface area contributed by atoms with Gasteiger partial charge in [0.25, 0.3) is 0 Å². The third-order valence-corrected chi connectivity index (χ3v) is 3.66. The summed E-state index contributed by atoms with van der Waals surface area (Å²) in [5.41, 5.74) is 1.15. The first-order valence-electron chi connectivity index (χ1n) is 7.00. The molecule has 1 aliphatic carbocycles. The van der Waals surface area contributed by atoms with E-state index in [9.17, 15) is 0 Å². The van der Waals surface area contributed by atoms with Crippen LogP contribution in [0.25, 0.3) is 0 Å². The average Bonchev–Trinajstić information content (AvgIpc) is 3.30. The number of ether oxygens (including phenoxy) is 3. The third kappa shape index (κ3) is 3.19. The van der Waals surface area contributed by atoms with Crippen LogP contribution in [0.5, 0.6) is 11.5 Å². The van der Waals surface area contributed by atoms with Gasteiger partial charge in [0.15, 0.2) is 11.5 Å². The molecular weight excluding hydrogens is 242 g/mol. The molecular formula is C15H21NO3. The van der Waals surface area contributed by atoms with Crippen LogP contribution in [0.15, 0.2) is 18.2 Å². The molecule has 0 bridgehead atoms. The normalized spacial score (nSPS) is 23.1. The molecule has 0 spiro atoms. The highest BCUT2D eigenvalue weighted by molar-refractivity contribution is 5.43. The van der Waals surface area contributed by atoms with E-state index in [4.69, 9.17) is 14.2 Å². The van der Waals surface area contributed by atoms with Crippen LogP contribution < -0.4 is 14.8 Å². The molecule has 4 nitrogen and oxygen atoms in total. The Morgan fingerprint density at radius 1 is 1.32 bits per heavy atom. The SMILES string of the molecule is COc1ccc(C2CNCCO2)cc1OCC1CC1. The minimum Gasteiger partial charge on any atom is -0.493 e. The van der Waals surface area contributed by atoms with Crippen LogP contribution in [-0.4, -0.2) is 33.4 Å². The van der Waals surface area contributed by atoms with Gasteiger partial charge in [0.1, 0.15) is 0 Å². The topological polar surface area (TPSA) is 39.7 Å². The Balaban J connectivity index is 1.74. The lowest BCUT2D eigenvalue weighted by Gasteiger charge is -2.24. The van der Waals surface area contributed by atoms with E-state index < -0.39 is 0 Å². The maximum absolute atomic E-state index is 5.88. The second-order valence-electron chi connectivity index (χ2n) is 5.23. The lowest BCUT2D eigenvalue weighted by molar-refractivity contribution is 0.0275. The lowest BCUT2D eigenvalue weighted by atomic mass is 10.1. The van der Waals surface area contributed by atoms with Crippen molar-refractivity contribution in [1.29, 1.82) is 0 Å². The summed E-state index contributed by atoms with van der Waals surface area (Å²) in [5.74, 6) is 2.37. The highest BCUT2D eigenvalue weighted by atomic mass is 16.5. The van der Waals surface area contributed by atoms with Crippen molar-refractivity contribution < 1.29 is 14.2 Å². The van der Waals surface area contributed by atoms with Crippen molar-refractivity contribution in [3.63, 3.8) is 0 Å². The fraction of sp³-hybridized carbons (Fsp3) is 0.600. The van der Waals surface area contributed by atoms with Crippen LogP contribution in [0, 0.1) is 5.92 Å². The van der Waals surface area contributed by atoms with E-state index in [1.165, 1.54) is 12.8 Å². The molecule has 2 fully saturated rings. The summed E-state index contributed by atoms with van der Waals surface area (Å²) < 4.78 is 17.0. The minimum atomic E-state index is 0.114. The van der Waals surface area contributed by atoms with Crippen LogP contribution >= 0.6 is 0 Å². The van der Waals surface area contributed by atoms with Gasteiger partial charge in [-0.15, -0.1) is 0 Å². The Bertz CT molecular complexity index is 425. The van der Waals surface area contributed by atoms with E-state index in [1.807, 2.05) is 6.07 Å². The van der Waals surface area contributed by atoms with Gasteiger partial charge < -0.3 is 19.5 Å². The summed E-state index contributed by atoms with van der Waals surface area (Å²) in [7, 11) is 1.68. The first-order chi connectivity index (χ1) is 9.36. The lowest BCUT2D eigenvalue weighted by Crippen LogP contribution is -2.33. The Hall–Kier alpha value is -1.26. The van der Waals surface area contributed by atoms with Crippen molar-refractivity contribution >= 4 is 0 Å². The van der Waals surface area contributed by atoms with Crippen LogP contribution in [0.1, 0.15) is 24.5 Å². The van der Waals surface area contributed by atoms with Crippen molar-refractivity contribution in [2.45, 2.75) is 18.9 Å². The second kappa shape index (κ2) is 5.80. The van der Waals surface area contributed by atoms with Gasteiger partial charge in [0.05, 0.1) is 26.4 Å². The number of methoxy groups -OCH3 is 1. The summed E-state index contributed by atoms with van der Waals surface area (Å²) in [5, 5.41) is 3.34. The van der Waals surface area contributed by atoms with Gasteiger partial charge in [-0.3, -0.25) is 0 Å². The maximum atomic E-state index is 5.88. The molecule has 0 amide bonds. The molecule has 1 atom stereocenters. The molecule has 3 rings (SSSR count). The first kappa shape index (κ1) is 12.8. The Morgan fingerprint density at radius 2 is 2.21 bits per heavy atom. The predicted molar refractivity (Wildman–Crippen MR) is 72.8 cm³/mol. The molecule has 1 saturated carbocycles. The second-order valence-corrected chi connectivity index (χ2v) is 5.23. The fourth-order valence-corrected chi connectivity index (χ4v) is 2.28. The molecule has 0 radical (unpaired) electrons. The smallest absolute Gasteiger partial charge is 0.161 e. The monoisotopic (exact) mass is 263 g/mol. The fourth-order valence-electron chi connectivity index (χ4n) is 2.28. The summed E-state index contributed by atoms with van der Waals surface area (Å²) >= 11 is 0. The van der Waals surface area contributed by atoms with Crippen LogP contribution in [0.2, 0.25) is 0 Å². The average molecular weight is 263 g/mol. The number of hydrogen-bond donors (Lipinski definition) is 1. The largest absolute Gasteiger partial charge is 0.493 e. The number of nitrogens with one attached hydrogen (secondary N) is 1. The van der Waals surface area contributed by atoms with E-state index in [1.54, 1.807) is 7.11 Å². The molecule has 4 heteroatoms.